The van der Waals surface area contributed by atoms with Crippen molar-refractivity contribution in [3.05, 3.63) is 0 Å². The van der Waals surface area contributed by atoms with E-state index in [9.17, 15) is 4.79 Å². The molecule has 0 N–H and O–H groups in total. The molecule has 1 unspecified atom stereocenters. The highest BCUT2D eigenvalue weighted by molar-refractivity contribution is 5.78. The molecule has 0 amide bonds. The van der Waals surface area contributed by atoms with E-state index in [4.69, 9.17) is 0 Å². The van der Waals surface area contributed by atoms with Gasteiger partial charge in [0.2, 0.25) is 0 Å². The fraction of sp³-hybridized carbons (Fsp3) is 0.833. The zero-order chi connectivity index (χ0) is 5.98. The highest BCUT2D eigenvalue weighted by atomic mass is 16.1. The van der Waals surface area contributed by atoms with Crippen molar-refractivity contribution in [2.75, 3.05) is 13.1 Å². The molecule has 0 aromatic rings. The lowest BCUT2D eigenvalue weighted by Crippen LogP contribution is -2.11. The Balaban J connectivity index is 2.35. The fourth-order valence-corrected chi connectivity index (χ4v) is 0.917. The quantitative estimate of drug-likeness (QED) is 0.476. The van der Waals surface area contributed by atoms with Crippen molar-refractivity contribution in [3.63, 3.8) is 0 Å². The first-order valence-corrected chi connectivity index (χ1v) is 2.94. The van der Waals surface area contributed by atoms with Crippen LogP contribution >= 0.6 is 0 Å². The second-order valence-corrected chi connectivity index (χ2v) is 2.23. The number of nitrogens with zero attached hydrogens (tertiary/aromatic N) is 1. The van der Waals surface area contributed by atoms with Crippen LogP contribution in [0.1, 0.15) is 13.3 Å². The first kappa shape index (κ1) is 5.76. The van der Waals surface area contributed by atoms with E-state index in [-0.39, 0.29) is 5.92 Å². The second-order valence-electron chi connectivity index (χ2n) is 2.23. The smallest absolute Gasteiger partial charge is 0.134 e. The van der Waals surface area contributed by atoms with Gasteiger partial charge in [0.05, 0.1) is 0 Å². The Morgan fingerprint density at radius 3 is 2.75 bits per heavy atom. The van der Waals surface area contributed by atoms with E-state index in [1.807, 2.05) is 0 Å². The predicted molar refractivity (Wildman–Crippen MR) is 30.7 cm³/mol. The molecule has 8 heavy (non-hydrogen) atoms. The van der Waals surface area contributed by atoms with Crippen LogP contribution < -0.4 is 5.32 Å². The molecule has 0 aliphatic carbocycles. The Bertz CT molecular complexity index is 94.7. The van der Waals surface area contributed by atoms with Crippen LogP contribution in [0.5, 0.6) is 0 Å². The number of Topliss-reactive ketones (excluding diaryl/α,β-unsaturated/α-hetero) is 1. The lowest BCUT2D eigenvalue weighted by atomic mass is 10.1. The van der Waals surface area contributed by atoms with Crippen molar-refractivity contribution in [1.29, 1.82) is 0 Å². The highest BCUT2D eigenvalue weighted by Crippen LogP contribution is 2.08. The van der Waals surface area contributed by atoms with Crippen molar-refractivity contribution < 1.29 is 4.79 Å². The summed E-state index contributed by atoms with van der Waals surface area (Å²) in [5.41, 5.74) is 0. The normalized spacial score (nSPS) is 28.4. The largest absolute Gasteiger partial charge is 0.300 e. The van der Waals surface area contributed by atoms with E-state index in [2.05, 4.69) is 5.32 Å². The van der Waals surface area contributed by atoms with E-state index in [1.54, 1.807) is 6.92 Å². The second kappa shape index (κ2) is 2.27. The maximum atomic E-state index is 10.6. The Morgan fingerprint density at radius 2 is 2.50 bits per heavy atom. The highest BCUT2D eigenvalue weighted by Gasteiger charge is 2.18. The molecule has 0 spiro atoms. The number of carbonyl (C=O) groups is 1. The van der Waals surface area contributed by atoms with Crippen LogP contribution in [-0.2, 0) is 4.79 Å². The van der Waals surface area contributed by atoms with E-state index in [1.165, 1.54) is 0 Å². The minimum Gasteiger partial charge on any atom is -0.300 e. The lowest BCUT2D eigenvalue weighted by molar-refractivity contribution is -0.120. The summed E-state index contributed by atoms with van der Waals surface area (Å²) in [6.07, 6.45) is 0.981. The van der Waals surface area contributed by atoms with Gasteiger partial charge in [0.1, 0.15) is 5.78 Å². The monoisotopic (exact) mass is 112 g/mol. The third-order valence-electron chi connectivity index (χ3n) is 1.56. The van der Waals surface area contributed by atoms with Gasteiger partial charge in [-0.1, -0.05) is 0 Å². The van der Waals surface area contributed by atoms with Crippen LogP contribution in [0.4, 0.5) is 0 Å². The predicted octanol–water partition coefficient (Wildman–Crippen LogP) is 0.200. The van der Waals surface area contributed by atoms with Crippen molar-refractivity contribution in [3.8, 4) is 0 Å². The Morgan fingerprint density at radius 1 is 1.75 bits per heavy atom. The van der Waals surface area contributed by atoms with Crippen LogP contribution in [0.2, 0.25) is 0 Å². The third-order valence-corrected chi connectivity index (χ3v) is 1.56. The maximum absolute atomic E-state index is 10.6. The molecule has 1 radical (unpaired) electrons. The fourth-order valence-electron chi connectivity index (χ4n) is 0.917. The van der Waals surface area contributed by atoms with Crippen LogP contribution in [0.3, 0.4) is 0 Å². The first-order valence-electron chi connectivity index (χ1n) is 2.94. The van der Waals surface area contributed by atoms with Crippen LogP contribution in [-0.4, -0.2) is 18.9 Å². The van der Waals surface area contributed by atoms with Crippen molar-refractivity contribution in [2.24, 2.45) is 5.92 Å². The summed E-state index contributed by atoms with van der Waals surface area (Å²) >= 11 is 0. The number of ketones is 1. The molecule has 0 aromatic carbocycles. The van der Waals surface area contributed by atoms with Gasteiger partial charge in [-0.25, -0.2) is 5.32 Å². The average Bonchev–Trinajstić information content (AvgIpc) is 2.12. The Labute approximate surface area is 49.3 Å². The summed E-state index contributed by atoms with van der Waals surface area (Å²) in [6, 6.07) is 0. The number of carbonyl (C=O) groups excluding carboxylic acids is 1. The maximum Gasteiger partial charge on any atom is 0.134 e. The Kier molecular flexibility index (Phi) is 1.63. The molecule has 0 saturated carbocycles. The van der Waals surface area contributed by atoms with Crippen molar-refractivity contribution in [2.45, 2.75) is 13.3 Å². The van der Waals surface area contributed by atoms with E-state index in [0.29, 0.717) is 5.78 Å². The summed E-state index contributed by atoms with van der Waals surface area (Å²) in [4.78, 5) is 10.6. The molecule has 1 rings (SSSR count). The van der Waals surface area contributed by atoms with Crippen LogP contribution in [0.25, 0.3) is 0 Å². The summed E-state index contributed by atoms with van der Waals surface area (Å²) in [5, 5.41) is 4.07. The molecule has 1 aliphatic rings. The number of hydrogen-bond donors (Lipinski definition) is 0. The number of rotatable bonds is 1. The molecular weight excluding hydrogens is 102 g/mol. The summed E-state index contributed by atoms with van der Waals surface area (Å²) < 4.78 is 0. The standard InChI is InChI=1S/C6H10NO/c1-5(8)6-2-3-7-4-6/h6H,2-4H2,1H3. The van der Waals surface area contributed by atoms with Gasteiger partial charge in [0.25, 0.3) is 0 Å². The summed E-state index contributed by atoms with van der Waals surface area (Å²) in [7, 11) is 0. The van der Waals surface area contributed by atoms with E-state index >= 15 is 0 Å². The molecule has 1 heterocycles. The zero-order valence-corrected chi connectivity index (χ0v) is 5.05. The SMILES string of the molecule is CC(=O)C1CC[N]C1. The van der Waals surface area contributed by atoms with Gasteiger partial charge in [-0.3, -0.25) is 4.79 Å². The molecule has 1 fully saturated rings. The molecule has 45 valence electrons. The van der Waals surface area contributed by atoms with E-state index in [0.717, 1.165) is 19.5 Å². The lowest BCUT2D eigenvalue weighted by Gasteiger charge is -1.97. The van der Waals surface area contributed by atoms with Gasteiger partial charge < -0.3 is 0 Å². The first-order chi connectivity index (χ1) is 3.80. The van der Waals surface area contributed by atoms with Gasteiger partial charge in [0.15, 0.2) is 0 Å². The van der Waals surface area contributed by atoms with Gasteiger partial charge in [0, 0.05) is 19.0 Å². The molecule has 0 bridgehead atoms. The molecule has 2 heteroatoms. The van der Waals surface area contributed by atoms with Gasteiger partial charge in [-0.2, -0.15) is 0 Å². The zero-order valence-electron chi connectivity index (χ0n) is 5.05. The molecule has 1 atom stereocenters. The third kappa shape index (κ3) is 1.07. The van der Waals surface area contributed by atoms with Crippen LogP contribution in [0.15, 0.2) is 0 Å². The van der Waals surface area contributed by atoms with Gasteiger partial charge in [-0.15, -0.1) is 0 Å². The van der Waals surface area contributed by atoms with Crippen molar-refractivity contribution >= 4 is 5.78 Å². The topological polar surface area (TPSA) is 31.2 Å². The molecule has 2 nitrogen and oxygen atoms in total. The average molecular weight is 112 g/mol. The summed E-state index contributed by atoms with van der Waals surface area (Å²) in [5.74, 6) is 0.557. The minimum atomic E-state index is 0.259. The molecular formula is C6H10NO. The minimum absolute atomic E-state index is 0.259. The van der Waals surface area contributed by atoms with Gasteiger partial charge >= 0.3 is 0 Å². The molecule has 1 aliphatic heterocycles. The summed E-state index contributed by atoms with van der Waals surface area (Å²) in [6.45, 7) is 3.31. The van der Waals surface area contributed by atoms with E-state index < -0.39 is 0 Å². The van der Waals surface area contributed by atoms with Gasteiger partial charge in [-0.05, 0) is 13.3 Å². The molecule has 1 saturated heterocycles. The number of hydrogen-bond acceptors (Lipinski definition) is 1. The van der Waals surface area contributed by atoms with Crippen LogP contribution in [0, 0.1) is 5.92 Å². The van der Waals surface area contributed by atoms with Crippen molar-refractivity contribution in [1.82, 2.24) is 5.32 Å². The molecule has 0 aromatic heterocycles. The Hall–Kier alpha value is -0.370.